The highest BCUT2D eigenvalue weighted by molar-refractivity contribution is 7.91. The molecule has 0 radical (unpaired) electrons. The third-order valence-electron chi connectivity index (χ3n) is 2.65. The van der Waals surface area contributed by atoms with Crippen molar-refractivity contribution in [3.8, 4) is 0 Å². The van der Waals surface area contributed by atoms with Gasteiger partial charge in [-0.2, -0.15) is 4.37 Å². The van der Waals surface area contributed by atoms with Crippen molar-refractivity contribution in [2.45, 2.75) is 17.9 Å². The first kappa shape index (κ1) is 14.4. The van der Waals surface area contributed by atoms with Crippen molar-refractivity contribution in [3.05, 3.63) is 28.2 Å². The van der Waals surface area contributed by atoms with Gasteiger partial charge in [-0.15, -0.1) is 11.3 Å². The fourth-order valence-electron chi connectivity index (χ4n) is 1.49. The standard InChI is InChI=1S/C11H15N3O2S3/c1-8(9-5-4-6-17-9)19(15,16)7-10-12-11(14(2)3)18-13-10/h4-6,8H,7H2,1-3H3. The summed E-state index contributed by atoms with van der Waals surface area (Å²) >= 11 is 2.66. The first-order chi connectivity index (χ1) is 8.90. The molecule has 0 aliphatic rings. The Balaban J connectivity index is 2.16. The first-order valence-electron chi connectivity index (χ1n) is 5.65. The Morgan fingerprint density at radius 3 is 2.68 bits per heavy atom. The Labute approximate surface area is 121 Å². The van der Waals surface area contributed by atoms with E-state index in [1.165, 1.54) is 22.9 Å². The van der Waals surface area contributed by atoms with E-state index in [0.29, 0.717) is 11.0 Å². The molecule has 0 saturated carbocycles. The molecule has 0 saturated heterocycles. The zero-order valence-corrected chi connectivity index (χ0v) is 13.3. The molecule has 0 aromatic carbocycles. The molecule has 1 atom stereocenters. The van der Waals surface area contributed by atoms with Gasteiger partial charge in [0.2, 0.25) is 5.13 Å². The van der Waals surface area contributed by atoms with E-state index < -0.39 is 15.1 Å². The van der Waals surface area contributed by atoms with Crippen LogP contribution in [0.2, 0.25) is 0 Å². The van der Waals surface area contributed by atoms with Crippen LogP contribution in [-0.4, -0.2) is 31.9 Å². The molecular formula is C11H15N3O2S3. The smallest absolute Gasteiger partial charge is 0.204 e. The molecule has 2 rings (SSSR count). The number of aromatic nitrogens is 2. The minimum absolute atomic E-state index is 0.115. The molecule has 0 amide bonds. The molecule has 0 N–H and O–H groups in total. The molecule has 0 spiro atoms. The maximum atomic E-state index is 12.3. The van der Waals surface area contributed by atoms with Crippen molar-refractivity contribution in [1.82, 2.24) is 9.36 Å². The van der Waals surface area contributed by atoms with Gasteiger partial charge in [0.15, 0.2) is 15.7 Å². The Bertz CT molecular complexity index is 632. The van der Waals surface area contributed by atoms with Gasteiger partial charge in [-0.3, -0.25) is 0 Å². The molecule has 8 heteroatoms. The molecule has 2 heterocycles. The summed E-state index contributed by atoms with van der Waals surface area (Å²) in [4.78, 5) is 6.88. The van der Waals surface area contributed by atoms with Crippen molar-refractivity contribution >= 4 is 37.8 Å². The highest BCUT2D eigenvalue weighted by Crippen LogP contribution is 2.28. The average molecular weight is 317 g/mol. The van der Waals surface area contributed by atoms with Crippen LogP contribution in [0.25, 0.3) is 0 Å². The number of rotatable bonds is 5. The van der Waals surface area contributed by atoms with Crippen molar-refractivity contribution in [1.29, 1.82) is 0 Å². The fourth-order valence-corrected chi connectivity index (χ4v) is 4.61. The van der Waals surface area contributed by atoms with Crippen molar-refractivity contribution in [2.75, 3.05) is 19.0 Å². The number of hydrogen-bond acceptors (Lipinski definition) is 7. The predicted molar refractivity (Wildman–Crippen MR) is 79.6 cm³/mol. The minimum atomic E-state index is -3.28. The second-order valence-electron chi connectivity index (χ2n) is 4.35. The molecule has 1 unspecified atom stereocenters. The molecule has 19 heavy (non-hydrogen) atoms. The summed E-state index contributed by atoms with van der Waals surface area (Å²) < 4.78 is 28.7. The van der Waals surface area contributed by atoms with Crippen LogP contribution >= 0.6 is 22.9 Å². The number of anilines is 1. The van der Waals surface area contributed by atoms with E-state index in [9.17, 15) is 8.42 Å². The fraction of sp³-hybridized carbons (Fsp3) is 0.455. The van der Waals surface area contributed by atoms with Gasteiger partial charge in [0, 0.05) is 30.5 Å². The summed E-state index contributed by atoms with van der Waals surface area (Å²) in [6.07, 6.45) is 0. The van der Waals surface area contributed by atoms with E-state index in [1.54, 1.807) is 6.92 Å². The van der Waals surface area contributed by atoms with E-state index in [-0.39, 0.29) is 5.75 Å². The predicted octanol–water partition coefficient (Wildman–Crippen LogP) is 2.34. The summed E-state index contributed by atoms with van der Waals surface area (Å²) in [7, 11) is 0.433. The highest BCUT2D eigenvalue weighted by Gasteiger charge is 2.25. The monoisotopic (exact) mass is 317 g/mol. The van der Waals surface area contributed by atoms with Gasteiger partial charge < -0.3 is 4.90 Å². The lowest BCUT2D eigenvalue weighted by molar-refractivity contribution is 0.585. The van der Waals surface area contributed by atoms with E-state index in [4.69, 9.17) is 0 Å². The van der Waals surface area contributed by atoms with Crippen molar-refractivity contribution in [2.24, 2.45) is 0 Å². The van der Waals surface area contributed by atoms with E-state index in [2.05, 4.69) is 9.36 Å². The van der Waals surface area contributed by atoms with Crippen molar-refractivity contribution in [3.63, 3.8) is 0 Å². The molecule has 0 aliphatic heterocycles. The Hall–Kier alpha value is -0.990. The number of sulfone groups is 1. The zero-order valence-electron chi connectivity index (χ0n) is 10.9. The summed E-state index contributed by atoms with van der Waals surface area (Å²) in [6.45, 7) is 1.71. The van der Waals surface area contributed by atoms with Gasteiger partial charge in [0.1, 0.15) is 5.75 Å². The maximum Gasteiger partial charge on any atom is 0.204 e. The lowest BCUT2D eigenvalue weighted by Crippen LogP contribution is -2.13. The summed E-state index contributed by atoms with van der Waals surface area (Å²) in [5, 5.41) is 2.08. The molecule has 0 aliphatic carbocycles. The second kappa shape index (κ2) is 5.56. The lowest BCUT2D eigenvalue weighted by atomic mass is 10.4. The number of thiophene rings is 1. The van der Waals surface area contributed by atoms with Crippen LogP contribution < -0.4 is 4.90 Å². The zero-order chi connectivity index (χ0) is 14.0. The van der Waals surface area contributed by atoms with Gasteiger partial charge in [-0.1, -0.05) is 6.07 Å². The van der Waals surface area contributed by atoms with Gasteiger partial charge in [0.05, 0.1) is 5.25 Å². The molecule has 2 aromatic rings. The summed E-state index contributed by atoms with van der Waals surface area (Å²) in [5.74, 6) is 0.258. The third-order valence-corrected chi connectivity index (χ3v) is 6.77. The Kier molecular flexibility index (Phi) is 4.22. The largest absolute Gasteiger partial charge is 0.353 e. The van der Waals surface area contributed by atoms with Crippen molar-refractivity contribution < 1.29 is 8.42 Å². The molecule has 2 aromatic heterocycles. The van der Waals surface area contributed by atoms with Crippen LogP contribution in [0.15, 0.2) is 17.5 Å². The van der Waals surface area contributed by atoms with Gasteiger partial charge in [-0.25, -0.2) is 13.4 Å². The Morgan fingerprint density at radius 2 is 2.16 bits per heavy atom. The van der Waals surface area contributed by atoms with Gasteiger partial charge in [0.25, 0.3) is 0 Å². The van der Waals surface area contributed by atoms with Crippen LogP contribution in [0.4, 0.5) is 5.13 Å². The average Bonchev–Trinajstić information content (AvgIpc) is 2.97. The van der Waals surface area contributed by atoms with E-state index >= 15 is 0 Å². The first-order valence-corrected chi connectivity index (χ1v) is 9.02. The van der Waals surface area contributed by atoms with Crippen LogP contribution in [0.5, 0.6) is 0 Å². The number of hydrogen-bond donors (Lipinski definition) is 0. The minimum Gasteiger partial charge on any atom is -0.353 e. The van der Waals surface area contributed by atoms with Crippen LogP contribution in [0.1, 0.15) is 22.9 Å². The van der Waals surface area contributed by atoms with Crippen LogP contribution in [0.3, 0.4) is 0 Å². The van der Waals surface area contributed by atoms with E-state index in [0.717, 1.165) is 4.88 Å². The van der Waals surface area contributed by atoms with Gasteiger partial charge in [-0.05, 0) is 18.4 Å². The molecule has 0 fully saturated rings. The normalized spacial score (nSPS) is 13.4. The third kappa shape index (κ3) is 3.31. The molecule has 5 nitrogen and oxygen atoms in total. The molecule has 0 bridgehead atoms. The Morgan fingerprint density at radius 1 is 1.42 bits per heavy atom. The summed E-state index contributed by atoms with van der Waals surface area (Å²) in [5.41, 5.74) is 0. The molecule has 104 valence electrons. The van der Waals surface area contributed by atoms with Crippen LogP contribution in [0, 0.1) is 0 Å². The SMILES string of the molecule is CC(c1cccs1)S(=O)(=O)Cc1nsc(N(C)C)n1. The van der Waals surface area contributed by atoms with Gasteiger partial charge >= 0.3 is 0 Å². The quantitative estimate of drug-likeness (QED) is 0.847. The topological polar surface area (TPSA) is 63.2 Å². The highest BCUT2D eigenvalue weighted by atomic mass is 32.2. The van der Waals surface area contributed by atoms with E-state index in [1.807, 2.05) is 36.5 Å². The summed E-state index contributed by atoms with van der Waals surface area (Å²) in [6, 6.07) is 3.70. The maximum absolute atomic E-state index is 12.3. The second-order valence-corrected chi connectivity index (χ2v) is 8.38. The van der Waals surface area contributed by atoms with Crippen LogP contribution in [-0.2, 0) is 15.6 Å². The molecular weight excluding hydrogens is 302 g/mol. The number of nitrogens with zero attached hydrogens (tertiary/aromatic N) is 3. The lowest BCUT2D eigenvalue weighted by Gasteiger charge is -2.09.